The summed E-state index contributed by atoms with van der Waals surface area (Å²) in [6.07, 6.45) is 2.55. The standard InChI is InChI=1S/C20H35F2N3O4/c1-4-28-19(27)29-25-14(2)9-17(10-15(25)3)23-7-5-16(6-8-23)24-13-20(21,22)11-18(24)12-26/h14-18,26H,4-13H2,1-3H3. The number of carbonyl (C=O) groups excluding carboxylic acids is 1. The first-order chi connectivity index (χ1) is 13.7. The van der Waals surface area contributed by atoms with Gasteiger partial charge in [0.2, 0.25) is 0 Å². The summed E-state index contributed by atoms with van der Waals surface area (Å²) in [6, 6.07) is 0.240. The molecule has 3 aliphatic rings. The van der Waals surface area contributed by atoms with Gasteiger partial charge in [-0.2, -0.15) is 0 Å². The van der Waals surface area contributed by atoms with Crippen LogP contribution in [0.1, 0.15) is 52.9 Å². The lowest BCUT2D eigenvalue weighted by Gasteiger charge is -2.47. The summed E-state index contributed by atoms with van der Waals surface area (Å²) < 4.78 is 32.5. The van der Waals surface area contributed by atoms with Crippen molar-refractivity contribution in [3.63, 3.8) is 0 Å². The third-order valence-electron chi connectivity index (χ3n) is 6.65. The lowest BCUT2D eigenvalue weighted by atomic mass is 9.91. The number of halogens is 2. The van der Waals surface area contributed by atoms with Gasteiger partial charge in [-0.3, -0.25) is 4.90 Å². The number of hydroxylamine groups is 2. The second-order valence-electron chi connectivity index (χ2n) is 8.79. The molecule has 0 saturated carbocycles. The minimum atomic E-state index is -2.69. The van der Waals surface area contributed by atoms with Crippen molar-refractivity contribution in [1.82, 2.24) is 14.9 Å². The highest BCUT2D eigenvalue weighted by molar-refractivity contribution is 5.59. The minimum Gasteiger partial charge on any atom is -0.433 e. The number of rotatable bonds is 5. The zero-order chi connectivity index (χ0) is 21.2. The second-order valence-corrected chi connectivity index (χ2v) is 8.79. The van der Waals surface area contributed by atoms with Gasteiger partial charge in [-0.1, -0.05) is 0 Å². The molecule has 168 valence electrons. The molecule has 0 aliphatic carbocycles. The highest BCUT2D eigenvalue weighted by Gasteiger charge is 2.47. The van der Waals surface area contributed by atoms with Crippen molar-refractivity contribution >= 4 is 6.16 Å². The van der Waals surface area contributed by atoms with Crippen LogP contribution in [0.15, 0.2) is 0 Å². The average molecular weight is 420 g/mol. The number of piperidine rings is 2. The SMILES string of the molecule is CCOC(=O)ON1C(C)CC(N2CCC(N3CC(F)(F)CC3CO)CC2)CC1C. The van der Waals surface area contributed by atoms with Crippen LogP contribution in [0.4, 0.5) is 13.6 Å². The van der Waals surface area contributed by atoms with E-state index >= 15 is 0 Å². The molecule has 0 spiro atoms. The van der Waals surface area contributed by atoms with E-state index in [1.165, 1.54) is 0 Å². The first-order valence-electron chi connectivity index (χ1n) is 10.9. The number of aliphatic hydroxyl groups is 1. The van der Waals surface area contributed by atoms with Gasteiger partial charge in [0.1, 0.15) is 0 Å². The van der Waals surface area contributed by atoms with Crippen LogP contribution < -0.4 is 0 Å². The Morgan fingerprint density at radius 3 is 2.31 bits per heavy atom. The lowest BCUT2D eigenvalue weighted by Crippen LogP contribution is -2.56. The fourth-order valence-electron chi connectivity index (χ4n) is 5.34. The van der Waals surface area contributed by atoms with Crippen molar-refractivity contribution in [2.45, 2.75) is 89.0 Å². The Bertz CT molecular complexity index is 548. The van der Waals surface area contributed by atoms with E-state index in [0.717, 1.165) is 38.8 Å². The fourth-order valence-corrected chi connectivity index (χ4v) is 5.34. The molecule has 1 N–H and O–H groups in total. The van der Waals surface area contributed by atoms with E-state index in [4.69, 9.17) is 9.57 Å². The molecule has 0 bridgehead atoms. The van der Waals surface area contributed by atoms with Crippen LogP contribution >= 0.6 is 0 Å². The van der Waals surface area contributed by atoms with Crippen LogP contribution in [-0.2, 0) is 9.57 Å². The number of aliphatic hydroxyl groups excluding tert-OH is 1. The van der Waals surface area contributed by atoms with Gasteiger partial charge >= 0.3 is 6.16 Å². The van der Waals surface area contributed by atoms with Crippen molar-refractivity contribution in [2.24, 2.45) is 0 Å². The minimum absolute atomic E-state index is 0.0851. The summed E-state index contributed by atoms with van der Waals surface area (Å²) in [7, 11) is 0. The predicted molar refractivity (Wildman–Crippen MR) is 104 cm³/mol. The first-order valence-corrected chi connectivity index (χ1v) is 10.9. The van der Waals surface area contributed by atoms with Crippen molar-refractivity contribution in [3.05, 3.63) is 0 Å². The van der Waals surface area contributed by atoms with E-state index in [0.29, 0.717) is 6.04 Å². The molecule has 3 fully saturated rings. The van der Waals surface area contributed by atoms with Gasteiger partial charge in [-0.05, 0) is 59.5 Å². The summed E-state index contributed by atoms with van der Waals surface area (Å²) in [5.74, 6) is -2.69. The molecule has 3 aliphatic heterocycles. The lowest BCUT2D eigenvalue weighted by molar-refractivity contribution is -0.196. The van der Waals surface area contributed by atoms with Gasteiger partial charge in [0.15, 0.2) is 0 Å². The molecular weight excluding hydrogens is 384 g/mol. The number of alkyl halides is 2. The van der Waals surface area contributed by atoms with Gasteiger partial charge in [0, 0.05) is 36.6 Å². The summed E-state index contributed by atoms with van der Waals surface area (Å²) >= 11 is 0. The van der Waals surface area contributed by atoms with Gasteiger partial charge in [-0.15, -0.1) is 5.06 Å². The van der Waals surface area contributed by atoms with Crippen LogP contribution in [0.5, 0.6) is 0 Å². The molecule has 9 heteroatoms. The van der Waals surface area contributed by atoms with Crippen molar-refractivity contribution in [3.8, 4) is 0 Å². The third-order valence-corrected chi connectivity index (χ3v) is 6.65. The normalized spacial score (nSPS) is 35.0. The number of likely N-dealkylation sites (tertiary alicyclic amines) is 2. The van der Waals surface area contributed by atoms with Crippen molar-refractivity contribution in [2.75, 3.05) is 32.8 Å². The molecule has 29 heavy (non-hydrogen) atoms. The Labute approximate surface area is 171 Å². The molecule has 3 unspecified atom stereocenters. The first kappa shape index (κ1) is 22.7. The Morgan fingerprint density at radius 1 is 1.14 bits per heavy atom. The van der Waals surface area contributed by atoms with E-state index in [9.17, 15) is 18.7 Å². The molecule has 0 amide bonds. The number of hydrogen-bond donors (Lipinski definition) is 1. The number of carbonyl (C=O) groups is 1. The van der Waals surface area contributed by atoms with Crippen molar-refractivity contribution < 1.29 is 28.3 Å². The summed E-state index contributed by atoms with van der Waals surface area (Å²) in [4.78, 5) is 21.3. The Balaban J connectivity index is 1.51. The molecule has 3 heterocycles. The topological polar surface area (TPSA) is 65.5 Å². The van der Waals surface area contributed by atoms with Crippen LogP contribution in [0.25, 0.3) is 0 Å². The highest BCUT2D eigenvalue weighted by Crippen LogP contribution is 2.36. The maximum atomic E-state index is 13.8. The molecule has 0 aromatic rings. The smallest absolute Gasteiger partial charge is 0.433 e. The summed E-state index contributed by atoms with van der Waals surface area (Å²) in [5.41, 5.74) is 0. The monoisotopic (exact) mass is 419 g/mol. The van der Waals surface area contributed by atoms with Crippen LogP contribution in [0.3, 0.4) is 0 Å². The molecule has 3 rings (SSSR count). The average Bonchev–Trinajstić information content (AvgIpc) is 2.99. The zero-order valence-electron chi connectivity index (χ0n) is 17.7. The largest absolute Gasteiger partial charge is 0.527 e. The Hall–Kier alpha value is -1.03. The number of hydrogen-bond acceptors (Lipinski definition) is 7. The number of ether oxygens (including phenoxy) is 1. The zero-order valence-corrected chi connectivity index (χ0v) is 17.7. The van der Waals surface area contributed by atoms with E-state index in [2.05, 4.69) is 4.90 Å². The second kappa shape index (κ2) is 9.41. The fraction of sp³-hybridized carbons (Fsp3) is 0.950. The molecule has 0 aromatic heterocycles. The Kier molecular flexibility index (Phi) is 7.35. The van der Waals surface area contributed by atoms with Crippen LogP contribution in [0.2, 0.25) is 0 Å². The maximum Gasteiger partial charge on any atom is 0.527 e. The van der Waals surface area contributed by atoms with Crippen LogP contribution in [-0.4, -0.2) is 95.1 Å². The van der Waals surface area contributed by atoms with Gasteiger partial charge in [0.05, 0.1) is 19.8 Å². The highest BCUT2D eigenvalue weighted by atomic mass is 19.3. The molecule has 0 radical (unpaired) electrons. The van der Waals surface area contributed by atoms with E-state index in [-0.39, 0.29) is 44.3 Å². The maximum absolute atomic E-state index is 13.8. The quantitative estimate of drug-likeness (QED) is 0.687. The van der Waals surface area contributed by atoms with E-state index in [1.807, 2.05) is 18.7 Å². The van der Waals surface area contributed by atoms with Gasteiger partial charge in [0.25, 0.3) is 5.92 Å². The molecular formula is C20H35F2N3O4. The summed E-state index contributed by atoms with van der Waals surface area (Å²) in [5, 5.41) is 11.2. The van der Waals surface area contributed by atoms with Crippen LogP contribution in [0, 0.1) is 0 Å². The Morgan fingerprint density at radius 2 is 1.76 bits per heavy atom. The van der Waals surface area contributed by atoms with E-state index < -0.39 is 18.1 Å². The molecule has 3 saturated heterocycles. The molecule has 0 aromatic carbocycles. The van der Waals surface area contributed by atoms with Gasteiger partial charge in [-0.25, -0.2) is 13.6 Å². The number of nitrogens with zero attached hydrogens (tertiary/aromatic N) is 3. The summed E-state index contributed by atoms with van der Waals surface area (Å²) in [6.45, 7) is 7.43. The van der Waals surface area contributed by atoms with Gasteiger partial charge < -0.3 is 19.6 Å². The molecule has 7 nitrogen and oxygen atoms in total. The predicted octanol–water partition coefficient (Wildman–Crippen LogP) is 2.48. The molecule has 3 atom stereocenters. The third kappa shape index (κ3) is 5.37. The van der Waals surface area contributed by atoms with E-state index in [1.54, 1.807) is 12.0 Å². The van der Waals surface area contributed by atoms with Crippen molar-refractivity contribution in [1.29, 1.82) is 0 Å².